The van der Waals surface area contributed by atoms with Crippen molar-refractivity contribution in [3.05, 3.63) is 81.4 Å². The molecule has 4 atom stereocenters. The van der Waals surface area contributed by atoms with E-state index < -0.39 is 0 Å². The highest BCUT2D eigenvalue weighted by molar-refractivity contribution is 6.06. The standard InChI is InChI=1S/C40H52N2O4/c1-5-10-28(22-30-20-26(3)38(43)27(4)21-30)14-15-35-36-31(11-6-2)23-33-37(34(36)25-46-35)40(45)42(39(33)44)32-16-18-41(19-17-32)24-29-12-8-7-9-13-29/h7-9,12-13,20-22,32-35,37,43H,5-6,10-11,14-19,23-25H2,1-4H3/b28-22+/t33-,34+,35-,37-/m1/s1. The lowest BCUT2D eigenvalue weighted by atomic mass is 9.68. The molecule has 2 amide bonds. The van der Waals surface area contributed by atoms with E-state index in [1.165, 1.54) is 22.3 Å². The molecule has 2 aromatic carbocycles. The molecule has 1 N–H and O–H groups in total. The summed E-state index contributed by atoms with van der Waals surface area (Å²) in [6.07, 6.45) is 10.6. The van der Waals surface area contributed by atoms with Crippen molar-refractivity contribution in [2.75, 3.05) is 19.7 Å². The smallest absolute Gasteiger partial charge is 0.234 e. The summed E-state index contributed by atoms with van der Waals surface area (Å²) in [7, 11) is 0. The third kappa shape index (κ3) is 6.61. The average molecular weight is 625 g/mol. The molecule has 0 aromatic heterocycles. The van der Waals surface area contributed by atoms with Gasteiger partial charge in [-0.15, -0.1) is 0 Å². The molecule has 0 unspecified atom stereocenters. The number of fused-ring (bicyclic) bond motifs is 3. The number of aryl methyl sites for hydroxylation is 2. The largest absolute Gasteiger partial charge is 0.507 e. The zero-order valence-electron chi connectivity index (χ0n) is 28.3. The number of imide groups is 1. The third-order valence-corrected chi connectivity index (χ3v) is 10.9. The lowest BCUT2D eigenvalue weighted by Gasteiger charge is -2.36. The number of likely N-dealkylation sites (tertiary alicyclic amines) is 2. The summed E-state index contributed by atoms with van der Waals surface area (Å²) in [6, 6.07) is 14.7. The van der Waals surface area contributed by atoms with Crippen LogP contribution in [0.3, 0.4) is 0 Å². The predicted molar refractivity (Wildman–Crippen MR) is 183 cm³/mol. The maximum atomic E-state index is 14.2. The van der Waals surface area contributed by atoms with Gasteiger partial charge in [0.15, 0.2) is 0 Å². The van der Waals surface area contributed by atoms with E-state index in [1.807, 2.05) is 19.9 Å². The molecule has 3 aliphatic heterocycles. The van der Waals surface area contributed by atoms with Crippen LogP contribution in [-0.2, 0) is 20.9 Å². The van der Waals surface area contributed by atoms with Gasteiger partial charge in [-0.1, -0.05) is 74.2 Å². The van der Waals surface area contributed by atoms with Gasteiger partial charge in [0.25, 0.3) is 0 Å². The van der Waals surface area contributed by atoms with E-state index in [1.54, 1.807) is 4.90 Å². The molecule has 6 nitrogen and oxygen atoms in total. The van der Waals surface area contributed by atoms with Crippen LogP contribution in [0.25, 0.3) is 6.08 Å². The summed E-state index contributed by atoms with van der Waals surface area (Å²) >= 11 is 0. The molecule has 6 rings (SSSR count). The van der Waals surface area contributed by atoms with Crippen LogP contribution >= 0.6 is 0 Å². The summed E-state index contributed by atoms with van der Waals surface area (Å²) in [5.41, 5.74) is 8.35. The quantitative estimate of drug-likeness (QED) is 0.205. The molecule has 6 heteroatoms. The van der Waals surface area contributed by atoms with E-state index in [0.717, 1.165) is 87.7 Å². The Labute approximate surface area is 275 Å². The first-order valence-electron chi connectivity index (χ1n) is 17.7. The number of hydrogen-bond acceptors (Lipinski definition) is 5. The van der Waals surface area contributed by atoms with Crippen molar-refractivity contribution >= 4 is 17.9 Å². The van der Waals surface area contributed by atoms with E-state index in [4.69, 9.17) is 4.74 Å². The fraction of sp³-hybridized carbons (Fsp3) is 0.550. The van der Waals surface area contributed by atoms with Gasteiger partial charge < -0.3 is 9.84 Å². The average Bonchev–Trinajstić information content (AvgIpc) is 3.58. The Balaban J connectivity index is 1.15. The van der Waals surface area contributed by atoms with Gasteiger partial charge in [0, 0.05) is 31.6 Å². The summed E-state index contributed by atoms with van der Waals surface area (Å²) in [6.45, 7) is 11.6. The van der Waals surface area contributed by atoms with Crippen LogP contribution in [0.4, 0.5) is 0 Å². The lowest BCUT2D eigenvalue weighted by Crippen LogP contribution is -2.47. The van der Waals surface area contributed by atoms with Gasteiger partial charge in [0.1, 0.15) is 5.75 Å². The van der Waals surface area contributed by atoms with Crippen molar-refractivity contribution in [2.45, 2.75) is 104 Å². The van der Waals surface area contributed by atoms with Crippen LogP contribution < -0.4 is 0 Å². The summed E-state index contributed by atoms with van der Waals surface area (Å²) in [5.74, 6) is 0.0142. The molecule has 0 radical (unpaired) electrons. The fourth-order valence-corrected chi connectivity index (χ4v) is 8.79. The first kappa shape index (κ1) is 32.7. The minimum Gasteiger partial charge on any atom is -0.507 e. The minimum atomic E-state index is -0.274. The number of carbonyl (C=O) groups is 2. The van der Waals surface area contributed by atoms with Gasteiger partial charge in [0.05, 0.1) is 24.5 Å². The first-order chi connectivity index (χ1) is 22.3. The molecule has 0 spiro atoms. The number of amides is 2. The SMILES string of the molecule is CCCC1=C2[C@@H](CC/C(=C/c3cc(C)c(O)c(C)c3)CCC)OC[C@@H]2[C@@H]2C(=O)N(C3CCN(Cc4ccccc4)CC3)C(=O)[C@@H]2C1. The molecule has 1 aliphatic carbocycles. The molecule has 3 heterocycles. The second-order valence-electron chi connectivity index (χ2n) is 14.2. The Morgan fingerprint density at radius 3 is 2.35 bits per heavy atom. The number of aromatic hydroxyl groups is 1. The molecule has 0 saturated carbocycles. The van der Waals surface area contributed by atoms with Crippen LogP contribution in [0.5, 0.6) is 5.75 Å². The van der Waals surface area contributed by atoms with Gasteiger partial charge in [-0.2, -0.15) is 0 Å². The molecular weight excluding hydrogens is 572 g/mol. The Morgan fingerprint density at radius 2 is 1.67 bits per heavy atom. The first-order valence-corrected chi connectivity index (χ1v) is 17.7. The van der Waals surface area contributed by atoms with Gasteiger partial charge in [0.2, 0.25) is 11.8 Å². The number of hydrogen-bond donors (Lipinski definition) is 1. The van der Waals surface area contributed by atoms with Gasteiger partial charge >= 0.3 is 0 Å². The summed E-state index contributed by atoms with van der Waals surface area (Å²) in [5, 5.41) is 10.3. The number of piperidine rings is 1. The highest BCUT2D eigenvalue weighted by Crippen LogP contribution is 2.51. The zero-order chi connectivity index (χ0) is 32.4. The van der Waals surface area contributed by atoms with Crippen molar-refractivity contribution in [1.82, 2.24) is 9.80 Å². The third-order valence-electron chi connectivity index (χ3n) is 10.9. The topological polar surface area (TPSA) is 70.1 Å². The van der Waals surface area contributed by atoms with Crippen LogP contribution in [-0.4, -0.2) is 58.6 Å². The summed E-state index contributed by atoms with van der Waals surface area (Å²) in [4.78, 5) is 32.3. The number of allylic oxidation sites excluding steroid dienone is 2. The number of phenols is 1. The van der Waals surface area contributed by atoms with Crippen molar-refractivity contribution < 1.29 is 19.4 Å². The molecule has 3 fully saturated rings. The monoisotopic (exact) mass is 624 g/mol. The molecule has 2 aromatic rings. The van der Waals surface area contributed by atoms with E-state index >= 15 is 0 Å². The lowest BCUT2D eigenvalue weighted by molar-refractivity contribution is -0.144. The predicted octanol–water partition coefficient (Wildman–Crippen LogP) is 7.75. The number of phenolic OH excluding ortho intramolecular Hbond substituents is 1. The Bertz CT molecular complexity index is 1460. The molecular formula is C40H52N2O4. The molecule has 3 saturated heterocycles. The number of benzene rings is 2. The van der Waals surface area contributed by atoms with Crippen LogP contribution in [0.1, 0.15) is 93.9 Å². The van der Waals surface area contributed by atoms with E-state index in [0.29, 0.717) is 18.8 Å². The Hall–Kier alpha value is -3.22. The zero-order valence-corrected chi connectivity index (χ0v) is 28.3. The molecule has 4 aliphatic rings. The van der Waals surface area contributed by atoms with Crippen LogP contribution in [0, 0.1) is 31.6 Å². The Kier molecular flexibility index (Phi) is 10.1. The molecule has 46 heavy (non-hydrogen) atoms. The highest BCUT2D eigenvalue weighted by Gasteiger charge is 2.58. The maximum Gasteiger partial charge on any atom is 0.234 e. The number of ether oxygens (including phenoxy) is 1. The minimum absolute atomic E-state index is 0.00253. The van der Waals surface area contributed by atoms with Gasteiger partial charge in [-0.3, -0.25) is 19.4 Å². The van der Waals surface area contributed by atoms with E-state index in [9.17, 15) is 14.7 Å². The maximum absolute atomic E-state index is 14.2. The van der Waals surface area contributed by atoms with Crippen molar-refractivity contribution in [3.63, 3.8) is 0 Å². The number of carbonyl (C=O) groups excluding carboxylic acids is 2. The normalized spacial score (nSPS) is 25.8. The summed E-state index contributed by atoms with van der Waals surface area (Å²) < 4.78 is 6.55. The number of nitrogens with zero attached hydrogens (tertiary/aromatic N) is 2. The van der Waals surface area contributed by atoms with E-state index in [2.05, 4.69) is 61.2 Å². The van der Waals surface area contributed by atoms with Crippen molar-refractivity contribution in [1.29, 1.82) is 0 Å². The van der Waals surface area contributed by atoms with Gasteiger partial charge in [-0.05, 0) is 98.8 Å². The number of rotatable bonds is 11. The van der Waals surface area contributed by atoms with Crippen LogP contribution in [0.2, 0.25) is 0 Å². The second kappa shape index (κ2) is 14.3. The highest BCUT2D eigenvalue weighted by atomic mass is 16.5. The fourth-order valence-electron chi connectivity index (χ4n) is 8.79. The van der Waals surface area contributed by atoms with Crippen molar-refractivity contribution in [3.8, 4) is 5.75 Å². The van der Waals surface area contributed by atoms with Crippen LogP contribution in [0.15, 0.2) is 59.2 Å². The Morgan fingerprint density at radius 1 is 0.957 bits per heavy atom. The molecule has 246 valence electrons. The molecule has 0 bridgehead atoms. The second-order valence-corrected chi connectivity index (χ2v) is 14.2. The van der Waals surface area contributed by atoms with Gasteiger partial charge in [-0.25, -0.2) is 0 Å². The van der Waals surface area contributed by atoms with E-state index in [-0.39, 0.29) is 41.7 Å². The van der Waals surface area contributed by atoms with Crippen molar-refractivity contribution in [2.24, 2.45) is 17.8 Å².